The molecular formula is C17H15F2NO4. The quantitative estimate of drug-likeness (QED) is 0.824. The zero-order valence-corrected chi connectivity index (χ0v) is 12.8. The molecule has 7 heteroatoms. The average Bonchev–Trinajstić information content (AvgIpc) is 2.57. The summed E-state index contributed by atoms with van der Waals surface area (Å²) in [4.78, 5) is 23.2. The highest BCUT2D eigenvalue weighted by Crippen LogP contribution is 2.16. The predicted octanol–water partition coefficient (Wildman–Crippen LogP) is 3.16. The van der Waals surface area contributed by atoms with E-state index in [1.54, 1.807) is 6.92 Å². The Bertz CT molecular complexity index is 732. The van der Waals surface area contributed by atoms with Crippen LogP contribution < -0.4 is 10.1 Å². The van der Waals surface area contributed by atoms with Gasteiger partial charge in [0, 0.05) is 6.07 Å². The third-order valence-electron chi connectivity index (χ3n) is 2.94. The van der Waals surface area contributed by atoms with E-state index in [0.29, 0.717) is 11.3 Å². The van der Waals surface area contributed by atoms with Crippen LogP contribution in [0.3, 0.4) is 0 Å². The summed E-state index contributed by atoms with van der Waals surface area (Å²) in [7, 11) is 0. The standard InChI is InChI=1S/C17H15F2NO4/c1-2-23-17(22)11-3-6-13(7-4-11)24-10-16(21)20-15-9-12(18)5-8-14(15)19/h3-9H,2,10H2,1H3,(H,20,21). The highest BCUT2D eigenvalue weighted by atomic mass is 19.1. The second-order valence-corrected chi connectivity index (χ2v) is 4.71. The second kappa shape index (κ2) is 8.05. The van der Waals surface area contributed by atoms with Gasteiger partial charge in [-0.25, -0.2) is 13.6 Å². The van der Waals surface area contributed by atoms with Gasteiger partial charge in [-0.2, -0.15) is 0 Å². The van der Waals surface area contributed by atoms with Gasteiger partial charge in [0.05, 0.1) is 17.9 Å². The molecule has 0 saturated carbocycles. The summed E-state index contributed by atoms with van der Waals surface area (Å²) in [6.45, 7) is 1.58. The van der Waals surface area contributed by atoms with E-state index >= 15 is 0 Å². The van der Waals surface area contributed by atoms with Gasteiger partial charge in [0.1, 0.15) is 17.4 Å². The zero-order valence-electron chi connectivity index (χ0n) is 12.8. The molecule has 0 saturated heterocycles. The van der Waals surface area contributed by atoms with E-state index in [1.165, 1.54) is 24.3 Å². The molecule has 0 heterocycles. The lowest BCUT2D eigenvalue weighted by atomic mass is 10.2. The maximum Gasteiger partial charge on any atom is 0.338 e. The number of carbonyl (C=O) groups excluding carboxylic acids is 2. The largest absolute Gasteiger partial charge is 0.484 e. The monoisotopic (exact) mass is 335 g/mol. The zero-order chi connectivity index (χ0) is 17.5. The highest BCUT2D eigenvalue weighted by molar-refractivity contribution is 5.92. The van der Waals surface area contributed by atoms with Crippen LogP contribution in [-0.4, -0.2) is 25.1 Å². The van der Waals surface area contributed by atoms with Gasteiger partial charge in [-0.05, 0) is 43.3 Å². The average molecular weight is 335 g/mol. The summed E-state index contributed by atoms with van der Waals surface area (Å²) in [5.41, 5.74) is 0.0942. The third-order valence-corrected chi connectivity index (χ3v) is 2.94. The molecule has 0 aliphatic rings. The van der Waals surface area contributed by atoms with Crippen molar-refractivity contribution in [1.82, 2.24) is 0 Å². The lowest BCUT2D eigenvalue weighted by Crippen LogP contribution is -2.21. The van der Waals surface area contributed by atoms with E-state index < -0.39 is 30.1 Å². The summed E-state index contributed by atoms with van der Waals surface area (Å²) in [5, 5.41) is 2.21. The van der Waals surface area contributed by atoms with Crippen molar-refractivity contribution in [2.24, 2.45) is 0 Å². The molecule has 5 nitrogen and oxygen atoms in total. The van der Waals surface area contributed by atoms with E-state index in [1.807, 2.05) is 0 Å². The molecule has 0 aliphatic carbocycles. The van der Waals surface area contributed by atoms with Gasteiger partial charge in [-0.1, -0.05) is 0 Å². The number of ether oxygens (including phenoxy) is 2. The van der Waals surface area contributed by atoms with Crippen molar-refractivity contribution < 1.29 is 27.8 Å². The Morgan fingerprint density at radius 3 is 2.46 bits per heavy atom. The molecule has 2 aromatic carbocycles. The number of rotatable bonds is 6. The molecule has 2 aromatic rings. The summed E-state index contributed by atoms with van der Waals surface area (Å²) >= 11 is 0. The number of halogens is 2. The fourth-order valence-electron chi connectivity index (χ4n) is 1.83. The van der Waals surface area contributed by atoms with Crippen LogP contribution in [0.5, 0.6) is 5.75 Å². The van der Waals surface area contributed by atoms with Gasteiger partial charge in [-0.3, -0.25) is 4.79 Å². The first-order valence-corrected chi connectivity index (χ1v) is 7.14. The molecule has 0 fully saturated rings. The topological polar surface area (TPSA) is 64.6 Å². The van der Waals surface area contributed by atoms with Gasteiger partial charge in [0.25, 0.3) is 5.91 Å². The number of nitrogens with one attached hydrogen (secondary N) is 1. The van der Waals surface area contributed by atoms with Gasteiger partial charge >= 0.3 is 5.97 Å². The van der Waals surface area contributed by atoms with Gasteiger partial charge in [0.15, 0.2) is 6.61 Å². The van der Waals surface area contributed by atoms with Crippen molar-refractivity contribution in [2.75, 3.05) is 18.5 Å². The summed E-state index contributed by atoms with van der Waals surface area (Å²) < 4.78 is 36.5. The van der Waals surface area contributed by atoms with E-state index in [-0.39, 0.29) is 12.3 Å². The molecule has 0 radical (unpaired) electrons. The third kappa shape index (κ3) is 4.77. The molecule has 0 unspecified atom stereocenters. The maximum atomic E-state index is 13.4. The van der Waals surface area contributed by atoms with Crippen molar-refractivity contribution in [3.05, 3.63) is 59.7 Å². The minimum atomic E-state index is -0.747. The predicted molar refractivity (Wildman–Crippen MR) is 82.9 cm³/mol. The summed E-state index contributed by atoms with van der Waals surface area (Å²) in [6, 6.07) is 8.74. The summed E-state index contributed by atoms with van der Waals surface area (Å²) in [6.07, 6.45) is 0. The molecule has 0 atom stereocenters. The van der Waals surface area contributed by atoms with Crippen molar-refractivity contribution >= 4 is 17.6 Å². The van der Waals surface area contributed by atoms with E-state index in [9.17, 15) is 18.4 Å². The van der Waals surface area contributed by atoms with E-state index in [0.717, 1.165) is 18.2 Å². The van der Waals surface area contributed by atoms with Crippen LogP contribution in [0, 0.1) is 11.6 Å². The van der Waals surface area contributed by atoms with E-state index in [2.05, 4.69) is 5.32 Å². The van der Waals surface area contributed by atoms with Crippen LogP contribution in [-0.2, 0) is 9.53 Å². The summed E-state index contributed by atoms with van der Waals surface area (Å²) in [5.74, 6) is -2.17. The molecule has 0 aromatic heterocycles. The Kier molecular flexibility index (Phi) is 5.83. The van der Waals surface area contributed by atoms with Gasteiger partial charge < -0.3 is 14.8 Å². The number of esters is 1. The number of amides is 1. The van der Waals surface area contributed by atoms with Crippen LogP contribution in [0.1, 0.15) is 17.3 Å². The molecule has 0 spiro atoms. The number of hydrogen-bond donors (Lipinski definition) is 1. The molecular weight excluding hydrogens is 320 g/mol. The molecule has 0 bridgehead atoms. The fraction of sp³-hybridized carbons (Fsp3) is 0.176. The minimum Gasteiger partial charge on any atom is -0.484 e. The first-order valence-electron chi connectivity index (χ1n) is 7.14. The Balaban J connectivity index is 1.89. The minimum absolute atomic E-state index is 0.263. The fourth-order valence-corrected chi connectivity index (χ4v) is 1.83. The Hall–Kier alpha value is -2.96. The first kappa shape index (κ1) is 17.4. The molecule has 2 rings (SSSR count). The van der Waals surface area contributed by atoms with E-state index in [4.69, 9.17) is 9.47 Å². The van der Waals surface area contributed by atoms with Crippen LogP contribution in [0.2, 0.25) is 0 Å². The molecule has 24 heavy (non-hydrogen) atoms. The smallest absolute Gasteiger partial charge is 0.338 e. The van der Waals surface area contributed by atoms with Crippen molar-refractivity contribution in [1.29, 1.82) is 0 Å². The molecule has 1 amide bonds. The van der Waals surface area contributed by atoms with Crippen molar-refractivity contribution in [3.63, 3.8) is 0 Å². The Morgan fingerprint density at radius 1 is 1.08 bits per heavy atom. The normalized spacial score (nSPS) is 10.1. The van der Waals surface area contributed by atoms with Crippen molar-refractivity contribution in [2.45, 2.75) is 6.92 Å². The number of carbonyl (C=O) groups is 2. The number of benzene rings is 2. The number of anilines is 1. The second-order valence-electron chi connectivity index (χ2n) is 4.71. The lowest BCUT2D eigenvalue weighted by Gasteiger charge is -2.09. The number of hydrogen-bond acceptors (Lipinski definition) is 4. The van der Waals surface area contributed by atoms with Gasteiger partial charge in [-0.15, -0.1) is 0 Å². The Labute approximate surface area is 137 Å². The SMILES string of the molecule is CCOC(=O)c1ccc(OCC(=O)Nc2cc(F)ccc2F)cc1. The van der Waals surface area contributed by atoms with Crippen LogP contribution in [0.25, 0.3) is 0 Å². The van der Waals surface area contributed by atoms with Crippen LogP contribution in [0.4, 0.5) is 14.5 Å². The van der Waals surface area contributed by atoms with Crippen molar-refractivity contribution in [3.8, 4) is 5.75 Å². The molecule has 126 valence electrons. The maximum absolute atomic E-state index is 13.4. The molecule has 1 N–H and O–H groups in total. The first-order chi connectivity index (χ1) is 11.5. The van der Waals surface area contributed by atoms with Gasteiger partial charge in [0.2, 0.25) is 0 Å². The molecule has 0 aliphatic heterocycles. The van der Waals surface area contributed by atoms with Crippen LogP contribution >= 0.6 is 0 Å². The Morgan fingerprint density at radius 2 is 1.79 bits per heavy atom. The highest BCUT2D eigenvalue weighted by Gasteiger charge is 2.10. The van der Waals surface area contributed by atoms with Crippen LogP contribution in [0.15, 0.2) is 42.5 Å². The lowest BCUT2D eigenvalue weighted by molar-refractivity contribution is -0.118.